The summed E-state index contributed by atoms with van der Waals surface area (Å²) in [6.45, 7) is 0.258. The van der Waals surface area contributed by atoms with E-state index in [4.69, 9.17) is 0 Å². The maximum absolute atomic E-state index is 12.2. The minimum absolute atomic E-state index is 0.0487. The Morgan fingerprint density at radius 2 is 1.70 bits per heavy atom. The van der Waals surface area contributed by atoms with Gasteiger partial charge in [-0.3, -0.25) is 9.59 Å². The van der Waals surface area contributed by atoms with Gasteiger partial charge < -0.3 is 10.6 Å². The Morgan fingerprint density at radius 3 is 2.32 bits per heavy atom. The van der Waals surface area contributed by atoms with E-state index in [9.17, 15) is 31.5 Å². The summed E-state index contributed by atoms with van der Waals surface area (Å²) in [5.41, 5.74) is 2.23. The number of alkyl halides is 5. The van der Waals surface area contributed by atoms with E-state index in [0.717, 1.165) is 6.42 Å². The minimum atomic E-state index is -4.36. The highest BCUT2D eigenvalue weighted by atomic mass is 19.4. The van der Waals surface area contributed by atoms with Crippen LogP contribution in [0.2, 0.25) is 0 Å². The molecule has 0 unspecified atom stereocenters. The normalized spacial score (nSPS) is 14.9. The van der Waals surface area contributed by atoms with Crippen molar-refractivity contribution in [3.63, 3.8) is 0 Å². The molecule has 0 spiro atoms. The molecule has 1 aliphatic carbocycles. The highest BCUT2D eigenvalue weighted by molar-refractivity contribution is 5.94. The van der Waals surface area contributed by atoms with Gasteiger partial charge in [-0.15, -0.1) is 0 Å². The Morgan fingerprint density at radius 1 is 1.00 bits per heavy atom. The molecule has 37 heavy (non-hydrogen) atoms. The lowest BCUT2D eigenvalue weighted by atomic mass is 9.97. The zero-order valence-electron chi connectivity index (χ0n) is 20.0. The second kappa shape index (κ2) is 12.6. The first-order valence-corrected chi connectivity index (χ1v) is 11.9. The van der Waals surface area contributed by atoms with Crippen LogP contribution in [0.3, 0.4) is 0 Å². The van der Waals surface area contributed by atoms with E-state index in [-0.39, 0.29) is 31.8 Å². The Labute approximate surface area is 210 Å². The van der Waals surface area contributed by atoms with Gasteiger partial charge in [-0.25, -0.2) is 18.3 Å². The number of nitrogens with one attached hydrogen (secondary N) is 2. The fraction of sp³-hybridized carbons (Fsp3) is 0.440. The maximum atomic E-state index is 12.2. The largest absolute Gasteiger partial charge is 0.389 e. The first kappa shape index (κ1) is 28.0. The Hall–Kier alpha value is -3.57. The molecule has 0 bridgehead atoms. The number of hydrogen-bond acceptors (Lipinski definition) is 4. The van der Waals surface area contributed by atoms with Gasteiger partial charge in [-0.2, -0.15) is 18.3 Å². The number of halogens is 5. The van der Waals surface area contributed by atoms with Crippen LogP contribution in [-0.2, 0) is 17.9 Å². The van der Waals surface area contributed by atoms with Gasteiger partial charge in [0.15, 0.2) is 5.65 Å². The van der Waals surface area contributed by atoms with E-state index in [1.54, 1.807) is 36.5 Å². The molecule has 0 radical (unpaired) electrons. The van der Waals surface area contributed by atoms with Crippen LogP contribution in [-0.4, -0.2) is 38.5 Å². The van der Waals surface area contributed by atoms with Crippen LogP contribution >= 0.6 is 0 Å². The van der Waals surface area contributed by atoms with E-state index in [1.807, 2.05) is 6.07 Å². The van der Waals surface area contributed by atoms with Gasteiger partial charge in [-0.05, 0) is 36.6 Å². The van der Waals surface area contributed by atoms with Crippen LogP contribution in [0.4, 0.5) is 22.0 Å². The van der Waals surface area contributed by atoms with Gasteiger partial charge in [0.05, 0.1) is 31.1 Å². The number of carbonyl (C=O) groups excluding carboxylic acids is 2. The molecule has 3 aromatic rings. The van der Waals surface area contributed by atoms with Gasteiger partial charge >= 0.3 is 6.18 Å². The maximum Gasteiger partial charge on any atom is 0.389 e. The number of aromatic nitrogens is 3. The summed E-state index contributed by atoms with van der Waals surface area (Å²) in [5.74, 6) is -3.23. The SMILES string of the molecule is FC1(F)CCCCC1.O=C(CCC(F)(F)F)NCc1cnn2cc(CNC(=O)c3ccccc3)nc2c1. The summed E-state index contributed by atoms with van der Waals surface area (Å²) in [5, 5.41) is 9.35. The molecular weight excluding hydrogens is 497 g/mol. The lowest BCUT2D eigenvalue weighted by molar-refractivity contribution is -0.144. The Balaban J connectivity index is 0.000000405. The van der Waals surface area contributed by atoms with Crippen molar-refractivity contribution < 1.29 is 31.5 Å². The first-order chi connectivity index (χ1) is 17.5. The molecule has 7 nitrogen and oxygen atoms in total. The molecule has 12 heteroatoms. The molecule has 0 atom stereocenters. The van der Waals surface area contributed by atoms with Crippen molar-refractivity contribution in [3.05, 3.63) is 65.6 Å². The predicted molar refractivity (Wildman–Crippen MR) is 126 cm³/mol. The summed E-state index contributed by atoms with van der Waals surface area (Å²) in [6, 6.07) is 10.4. The third-order valence-electron chi connectivity index (χ3n) is 5.60. The molecule has 200 valence electrons. The van der Waals surface area contributed by atoms with Crippen molar-refractivity contribution in [1.29, 1.82) is 0 Å². The Kier molecular flexibility index (Phi) is 9.54. The first-order valence-electron chi connectivity index (χ1n) is 11.9. The van der Waals surface area contributed by atoms with E-state index in [2.05, 4.69) is 20.7 Å². The van der Waals surface area contributed by atoms with Crippen LogP contribution in [0.5, 0.6) is 0 Å². The van der Waals surface area contributed by atoms with E-state index < -0.39 is 30.8 Å². The summed E-state index contributed by atoms with van der Waals surface area (Å²) in [4.78, 5) is 27.9. The monoisotopic (exact) mass is 525 g/mol. The summed E-state index contributed by atoms with van der Waals surface area (Å²) in [6.07, 6.45) is -0.324. The average Bonchev–Trinajstić information content (AvgIpc) is 3.27. The number of carbonyl (C=O) groups is 2. The van der Waals surface area contributed by atoms with Gasteiger partial charge in [0.25, 0.3) is 5.91 Å². The molecule has 1 aromatic carbocycles. The van der Waals surface area contributed by atoms with Crippen molar-refractivity contribution in [2.45, 2.75) is 70.1 Å². The van der Waals surface area contributed by atoms with E-state index in [1.165, 1.54) is 10.7 Å². The number of rotatable bonds is 7. The van der Waals surface area contributed by atoms with Gasteiger partial charge in [0, 0.05) is 31.4 Å². The van der Waals surface area contributed by atoms with Crippen LogP contribution in [0, 0.1) is 0 Å². The highest BCUT2D eigenvalue weighted by Crippen LogP contribution is 2.32. The fourth-order valence-electron chi connectivity index (χ4n) is 3.62. The third kappa shape index (κ3) is 9.77. The predicted octanol–water partition coefficient (Wildman–Crippen LogP) is 5.20. The van der Waals surface area contributed by atoms with Gasteiger partial charge in [0.1, 0.15) is 0 Å². The molecule has 0 saturated heterocycles. The van der Waals surface area contributed by atoms with Crippen LogP contribution in [0.1, 0.15) is 66.6 Å². The standard InChI is InChI=1S/C19H18F3N5O2.C6H10F2/c20-19(21,22)7-6-17(28)23-9-13-8-16-26-15(12-27(16)25-10-13)11-24-18(29)14-4-2-1-3-5-14;7-6(8)4-2-1-3-5-6/h1-5,8,10,12H,6-7,9,11H2,(H,23,28)(H,24,29);1-5H2. The average molecular weight is 526 g/mol. The number of imidazole rings is 1. The second-order valence-corrected chi connectivity index (χ2v) is 8.76. The van der Waals surface area contributed by atoms with E-state index >= 15 is 0 Å². The van der Waals surface area contributed by atoms with Crippen LogP contribution in [0.25, 0.3) is 5.65 Å². The summed E-state index contributed by atoms with van der Waals surface area (Å²) >= 11 is 0. The molecule has 4 rings (SSSR count). The molecule has 1 saturated carbocycles. The smallest absolute Gasteiger partial charge is 0.352 e. The van der Waals surface area contributed by atoms with Crippen molar-refractivity contribution >= 4 is 17.5 Å². The zero-order chi connectivity index (χ0) is 26.9. The number of fused-ring (bicyclic) bond motifs is 1. The fourth-order valence-corrected chi connectivity index (χ4v) is 3.62. The number of benzene rings is 1. The summed E-state index contributed by atoms with van der Waals surface area (Å²) in [7, 11) is 0. The molecular formula is C25H28F5N5O2. The molecule has 2 aromatic heterocycles. The molecule has 1 fully saturated rings. The molecule has 2 N–H and O–H groups in total. The zero-order valence-corrected chi connectivity index (χ0v) is 20.0. The van der Waals surface area contributed by atoms with Crippen LogP contribution in [0.15, 0.2) is 48.8 Å². The van der Waals surface area contributed by atoms with Crippen molar-refractivity contribution in [1.82, 2.24) is 25.2 Å². The van der Waals surface area contributed by atoms with Gasteiger partial charge in [0.2, 0.25) is 11.8 Å². The van der Waals surface area contributed by atoms with Crippen molar-refractivity contribution in [3.8, 4) is 0 Å². The summed E-state index contributed by atoms with van der Waals surface area (Å²) < 4.78 is 62.3. The molecule has 0 aliphatic heterocycles. The lowest BCUT2D eigenvalue weighted by Crippen LogP contribution is -2.24. The minimum Gasteiger partial charge on any atom is -0.352 e. The van der Waals surface area contributed by atoms with Crippen LogP contribution < -0.4 is 10.6 Å². The topological polar surface area (TPSA) is 88.4 Å². The molecule has 2 amide bonds. The number of amides is 2. The number of hydrogen-bond donors (Lipinski definition) is 2. The highest BCUT2D eigenvalue weighted by Gasteiger charge is 2.30. The Bertz CT molecular complexity index is 1170. The third-order valence-corrected chi connectivity index (χ3v) is 5.60. The van der Waals surface area contributed by atoms with Crippen molar-refractivity contribution in [2.75, 3.05) is 0 Å². The van der Waals surface area contributed by atoms with Crippen molar-refractivity contribution in [2.24, 2.45) is 0 Å². The van der Waals surface area contributed by atoms with Gasteiger partial charge in [-0.1, -0.05) is 24.6 Å². The molecule has 1 aliphatic rings. The number of nitrogens with zero attached hydrogens (tertiary/aromatic N) is 3. The van der Waals surface area contributed by atoms with E-state index in [0.29, 0.717) is 35.3 Å². The quantitative estimate of drug-likeness (QED) is 0.415. The second-order valence-electron chi connectivity index (χ2n) is 8.76. The molecule has 2 heterocycles. The lowest BCUT2D eigenvalue weighted by Gasteiger charge is -2.20.